The van der Waals surface area contributed by atoms with Crippen LogP contribution in [0.5, 0.6) is 0 Å². The van der Waals surface area contributed by atoms with Gasteiger partial charge in [0.05, 0.1) is 17.7 Å². The van der Waals surface area contributed by atoms with E-state index in [0.717, 1.165) is 54.1 Å². The lowest BCUT2D eigenvalue weighted by Gasteiger charge is -1.93. The highest BCUT2D eigenvalue weighted by molar-refractivity contribution is 7.97. The van der Waals surface area contributed by atoms with Crippen LogP contribution in [0, 0.1) is 0 Å². The van der Waals surface area contributed by atoms with Crippen LogP contribution in [0.4, 0.5) is 0 Å². The van der Waals surface area contributed by atoms with Crippen molar-refractivity contribution in [3.63, 3.8) is 0 Å². The van der Waals surface area contributed by atoms with Gasteiger partial charge in [0.25, 0.3) is 0 Å². The third kappa shape index (κ3) is 3.60. The van der Waals surface area contributed by atoms with Crippen LogP contribution in [0.3, 0.4) is 0 Å². The van der Waals surface area contributed by atoms with Gasteiger partial charge in [0.1, 0.15) is 5.76 Å². The summed E-state index contributed by atoms with van der Waals surface area (Å²) < 4.78 is 10.6. The van der Waals surface area contributed by atoms with Gasteiger partial charge in [-0.25, -0.2) is 4.98 Å². The molecule has 6 heteroatoms. The smallest absolute Gasteiger partial charge is 0.226 e. The van der Waals surface area contributed by atoms with E-state index in [4.69, 9.17) is 8.94 Å². The molecule has 0 saturated heterocycles. The fourth-order valence-corrected chi connectivity index (χ4v) is 2.18. The summed E-state index contributed by atoms with van der Waals surface area (Å²) >= 11 is 1.67. The average Bonchev–Trinajstić information content (AvgIpc) is 2.99. The molecule has 0 aromatic carbocycles. The number of hydrogen-bond acceptors (Lipinski definition) is 6. The molecule has 0 aliphatic heterocycles. The van der Waals surface area contributed by atoms with Crippen LogP contribution in [0.25, 0.3) is 0 Å². The Morgan fingerprint density at radius 3 is 2.83 bits per heavy atom. The van der Waals surface area contributed by atoms with Gasteiger partial charge in [-0.15, -0.1) is 11.8 Å². The topological polar surface area (TPSA) is 65.0 Å². The van der Waals surface area contributed by atoms with Gasteiger partial charge in [-0.05, 0) is 6.42 Å². The normalized spacial score (nSPS) is 11.0. The van der Waals surface area contributed by atoms with E-state index in [2.05, 4.69) is 22.0 Å². The molecular weight excluding hydrogens is 250 g/mol. The van der Waals surface area contributed by atoms with Crippen molar-refractivity contribution in [1.29, 1.82) is 0 Å². The van der Waals surface area contributed by atoms with Crippen LogP contribution >= 0.6 is 11.8 Å². The zero-order chi connectivity index (χ0) is 12.8. The molecular formula is C12H17N3O2S. The van der Waals surface area contributed by atoms with E-state index in [9.17, 15) is 0 Å². The summed E-state index contributed by atoms with van der Waals surface area (Å²) in [6, 6.07) is 0. The van der Waals surface area contributed by atoms with Crippen molar-refractivity contribution >= 4 is 11.8 Å². The lowest BCUT2D eigenvalue weighted by molar-refractivity contribution is 0.373. The predicted octanol–water partition coefficient (Wildman–Crippen LogP) is 3.01. The van der Waals surface area contributed by atoms with Crippen molar-refractivity contribution in [2.75, 3.05) is 0 Å². The second-order valence-electron chi connectivity index (χ2n) is 3.92. The Balaban J connectivity index is 1.77. The summed E-state index contributed by atoms with van der Waals surface area (Å²) in [6.07, 6.45) is 4.52. The minimum absolute atomic E-state index is 0.719. The zero-order valence-corrected chi connectivity index (χ0v) is 11.5. The first kappa shape index (κ1) is 13.1. The van der Waals surface area contributed by atoms with Gasteiger partial charge < -0.3 is 8.94 Å². The first-order valence-corrected chi connectivity index (χ1v) is 7.30. The number of aryl methyl sites for hydroxylation is 2. The van der Waals surface area contributed by atoms with Crippen molar-refractivity contribution in [3.8, 4) is 0 Å². The second kappa shape index (κ2) is 6.58. The number of rotatable bonds is 7. The molecule has 5 nitrogen and oxygen atoms in total. The molecule has 2 rings (SSSR count). The van der Waals surface area contributed by atoms with E-state index >= 15 is 0 Å². The highest BCUT2D eigenvalue weighted by atomic mass is 32.2. The monoisotopic (exact) mass is 267 g/mol. The Bertz CT molecular complexity index is 481. The number of thioether (sulfide) groups is 1. The lowest BCUT2D eigenvalue weighted by Crippen LogP contribution is -1.87. The largest absolute Gasteiger partial charge is 0.445 e. The Morgan fingerprint density at radius 1 is 1.22 bits per heavy atom. The maximum Gasteiger partial charge on any atom is 0.226 e. The summed E-state index contributed by atoms with van der Waals surface area (Å²) in [5.41, 5.74) is 0. The van der Waals surface area contributed by atoms with Gasteiger partial charge in [0.15, 0.2) is 5.82 Å². The molecule has 98 valence electrons. The summed E-state index contributed by atoms with van der Waals surface area (Å²) in [7, 11) is 0. The van der Waals surface area contributed by atoms with Crippen molar-refractivity contribution < 1.29 is 8.94 Å². The van der Waals surface area contributed by atoms with Gasteiger partial charge in [0, 0.05) is 12.8 Å². The molecule has 0 aliphatic carbocycles. The lowest BCUT2D eigenvalue weighted by atomic mass is 10.3. The third-order valence-electron chi connectivity index (χ3n) is 2.38. The van der Waals surface area contributed by atoms with E-state index in [1.165, 1.54) is 0 Å². The summed E-state index contributed by atoms with van der Waals surface area (Å²) in [5.74, 6) is 4.60. The van der Waals surface area contributed by atoms with E-state index < -0.39 is 0 Å². The van der Waals surface area contributed by atoms with Crippen molar-refractivity contribution in [1.82, 2.24) is 15.1 Å². The quantitative estimate of drug-likeness (QED) is 0.768. The van der Waals surface area contributed by atoms with Crippen LogP contribution in [0.1, 0.15) is 43.6 Å². The van der Waals surface area contributed by atoms with Crippen LogP contribution in [-0.2, 0) is 24.3 Å². The predicted molar refractivity (Wildman–Crippen MR) is 69.2 cm³/mol. The average molecular weight is 267 g/mol. The molecule has 0 fully saturated rings. The molecule has 0 bridgehead atoms. The summed E-state index contributed by atoms with van der Waals surface area (Å²) in [5, 5.41) is 3.93. The highest BCUT2D eigenvalue weighted by Gasteiger charge is 2.07. The third-order valence-corrected chi connectivity index (χ3v) is 3.29. The molecule has 0 radical (unpaired) electrons. The minimum atomic E-state index is 0.719. The Kier molecular flexibility index (Phi) is 4.81. The molecule has 0 atom stereocenters. The standard InChI is InChI=1S/C12H17N3O2S/c1-3-5-11-14-10(15-17-11)7-18-8-12-13-6-9(4-2)16-12/h6H,3-5,7-8H2,1-2H3. The SMILES string of the molecule is CCCc1nc(CSCc2ncc(CC)o2)no1. The van der Waals surface area contributed by atoms with Crippen LogP contribution < -0.4 is 0 Å². The van der Waals surface area contributed by atoms with Gasteiger partial charge in [-0.1, -0.05) is 19.0 Å². The van der Waals surface area contributed by atoms with E-state index in [1.807, 2.05) is 6.92 Å². The van der Waals surface area contributed by atoms with Crippen LogP contribution in [0.15, 0.2) is 15.1 Å². The van der Waals surface area contributed by atoms with E-state index in [0.29, 0.717) is 0 Å². The number of oxazole rings is 1. The number of aromatic nitrogens is 3. The first-order chi connectivity index (χ1) is 8.81. The Morgan fingerprint density at radius 2 is 2.11 bits per heavy atom. The fraction of sp³-hybridized carbons (Fsp3) is 0.583. The molecule has 0 N–H and O–H groups in total. The maximum absolute atomic E-state index is 5.52. The van der Waals surface area contributed by atoms with Crippen LogP contribution in [-0.4, -0.2) is 15.1 Å². The van der Waals surface area contributed by atoms with Gasteiger partial charge in [-0.3, -0.25) is 0 Å². The zero-order valence-electron chi connectivity index (χ0n) is 10.7. The van der Waals surface area contributed by atoms with E-state index in [1.54, 1.807) is 18.0 Å². The highest BCUT2D eigenvalue weighted by Crippen LogP contribution is 2.16. The first-order valence-electron chi connectivity index (χ1n) is 6.14. The number of hydrogen-bond donors (Lipinski definition) is 0. The van der Waals surface area contributed by atoms with Gasteiger partial charge in [-0.2, -0.15) is 4.98 Å². The maximum atomic E-state index is 5.52. The molecule has 0 saturated carbocycles. The van der Waals surface area contributed by atoms with E-state index in [-0.39, 0.29) is 0 Å². The molecule has 0 aliphatic rings. The molecule has 2 aromatic rings. The number of nitrogens with zero attached hydrogens (tertiary/aromatic N) is 3. The Labute approximate surface area is 110 Å². The molecule has 0 spiro atoms. The molecule has 18 heavy (non-hydrogen) atoms. The molecule has 0 unspecified atom stereocenters. The van der Waals surface area contributed by atoms with Gasteiger partial charge >= 0.3 is 0 Å². The Hall–Kier alpha value is -1.30. The van der Waals surface area contributed by atoms with Crippen molar-refractivity contribution in [2.45, 2.75) is 44.6 Å². The summed E-state index contributed by atoms with van der Waals surface area (Å²) in [4.78, 5) is 8.50. The molecule has 2 heterocycles. The van der Waals surface area contributed by atoms with Gasteiger partial charge in [0.2, 0.25) is 11.8 Å². The second-order valence-corrected chi connectivity index (χ2v) is 4.91. The van der Waals surface area contributed by atoms with Crippen molar-refractivity contribution in [2.24, 2.45) is 0 Å². The molecule has 0 amide bonds. The van der Waals surface area contributed by atoms with Crippen LogP contribution in [0.2, 0.25) is 0 Å². The fourth-order valence-electron chi connectivity index (χ4n) is 1.47. The summed E-state index contributed by atoms with van der Waals surface area (Å²) in [6.45, 7) is 4.14. The van der Waals surface area contributed by atoms with Crippen molar-refractivity contribution in [3.05, 3.63) is 29.6 Å². The minimum Gasteiger partial charge on any atom is -0.445 e. The molecule has 2 aromatic heterocycles.